The molecule has 0 spiro atoms. The molecule has 2 rings (SSSR count). The van der Waals surface area contributed by atoms with E-state index in [-0.39, 0.29) is 0 Å². The lowest BCUT2D eigenvalue weighted by Crippen LogP contribution is -2.20. The van der Waals surface area contributed by atoms with Gasteiger partial charge in [-0.2, -0.15) is 0 Å². The fourth-order valence-corrected chi connectivity index (χ4v) is 2.17. The minimum absolute atomic E-state index is 0.936. The van der Waals surface area contributed by atoms with Crippen molar-refractivity contribution in [2.45, 2.75) is 19.3 Å². The summed E-state index contributed by atoms with van der Waals surface area (Å²) in [6.45, 7) is 4.29. The fourth-order valence-electron chi connectivity index (χ4n) is 2.17. The van der Waals surface area contributed by atoms with Gasteiger partial charge in [-0.05, 0) is 39.9 Å². The molecule has 2 heterocycles. The molecule has 0 saturated carbocycles. The van der Waals surface area contributed by atoms with Crippen molar-refractivity contribution in [3.05, 3.63) is 12.4 Å². The van der Waals surface area contributed by atoms with Crippen molar-refractivity contribution in [1.82, 2.24) is 14.9 Å². The molecule has 0 bridgehead atoms. The van der Waals surface area contributed by atoms with Gasteiger partial charge in [-0.1, -0.05) is 0 Å². The first-order chi connectivity index (χ1) is 8.75. The van der Waals surface area contributed by atoms with E-state index in [1.165, 1.54) is 12.8 Å². The standard InChI is InChI=1S/C13H23N5/c1-17(2)7-5-6-14-12-10-13(16-11-15-12)18-8-3-4-9-18/h10-11H,3-9H2,1-2H3,(H,14,15,16). The molecular weight excluding hydrogens is 226 g/mol. The predicted octanol–water partition coefficient (Wildman–Crippen LogP) is 1.44. The summed E-state index contributed by atoms with van der Waals surface area (Å²) >= 11 is 0. The molecule has 1 aromatic rings. The Morgan fingerprint density at radius 2 is 2.06 bits per heavy atom. The molecule has 0 aromatic carbocycles. The van der Waals surface area contributed by atoms with Gasteiger partial charge < -0.3 is 15.1 Å². The minimum Gasteiger partial charge on any atom is -0.370 e. The van der Waals surface area contributed by atoms with Crippen LogP contribution in [0.5, 0.6) is 0 Å². The van der Waals surface area contributed by atoms with Gasteiger partial charge in [-0.15, -0.1) is 0 Å². The van der Waals surface area contributed by atoms with Gasteiger partial charge in [0.25, 0.3) is 0 Å². The van der Waals surface area contributed by atoms with Crippen LogP contribution in [-0.4, -0.2) is 55.1 Å². The van der Waals surface area contributed by atoms with Gasteiger partial charge in [-0.3, -0.25) is 0 Å². The average Bonchev–Trinajstić information content (AvgIpc) is 2.89. The second-order valence-corrected chi connectivity index (χ2v) is 5.04. The van der Waals surface area contributed by atoms with E-state index < -0.39 is 0 Å². The molecule has 100 valence electrons. The molecule has 0 aliphatic carbocycles. The minimum atomic E-state index is 0.936. The third kappa shape index (κ3) is 3.84. The van der Waals surface area contributed by atoms with Crippen molar-refractivity contribution < 1.29 is 0 Å². The topological polar surface area (TPSA) is 44.3 Å². The normalized spacial score (nSPS) is 15.4. The maximum Gasteiger partial charge on any atom is 0.134 e. The van der Waals surface area contributed by atoms with E-state index in [1.54, 1.807) is 6.33 Å². The molecular formula is C13H23N5. The van der Waals surface area contributed by atoms with Gasteiger partial charge >= 0.3 is 0 Å². The highest BCUT2D eigenvalue weighted by Gasteiger charge is 2.13. The molecule has 0 atom stereocenters. The van der Waals surface area contributed by atoms with Crippen LogP contribution in [0.4, 0.5) is 11.6 Å². The first-order valence-electron chi connectivity index (χ1n) is 6.71. The summed E-state index contributed by atoms with van der Waals surface area (Å²) in [6.07, 6.45) is 5.32. The van der Waals surface area contributed by atoms with Crippen LogP contribution in [0.2, 0.25) is 0 Å². The number of anilines is 2. The summed E-state index contributed by atoms with van der Waals surface area (Å²) in [4.78, 5) is 13.1. The molecule has 1 saturated heterocycles. The van der Waals surface area contributed by atoms with Gasteiger partial charge in [0.1, 0.15) is 18.0 Å². The first kappa shape index (κ1) is 13.1. The Labute approximate surface area is 109 Å². The molecule has 0 amide bonds. The number of aromatic nitrogens is 2. The molecule has 1 N–H and O–H groups in total. The molecule has 1 aliphatic rings. The van der Waals surface area contributed by atoms with Crippen molar-refractivity contribution in [3.63, 3.8) is 0 Å². The van der Waals surface area contributed by atoms with Crippen molar-refractivity contribution in [2.75, 3.05) is 50.5 Å². The SMILES string of the molecule is CN(C)CCCNc1cc(N2CCCC2)ncn1. The van der Waals surface area contributed by atoms with Crippen LogP contribution in [0.25, 0.3) is 0 Å². The number of nitrogens with one attached hydrogen (secondary N) is 1. The fraction of sp³-hybridized carbons (Fsp3) is 0.692. The van der Waals surface area contributed by atoms with Crippen LogP contribution in [0.3, 0.4) is 0 Å². The quantitative estimate of drug-likeness (QED) is 0.773. The summed E-state index contributed by atoms with van der Waals surface area (Å²) in [7, 11) is 4.19. The molecule has 5 heteroatoms. The zero-order valence-electron chi connectivity index (χ0n) is 11.4. The molecule has 1 aromatic heterocycles. The van der Waals surface area contributed by atoms with Crippen molar-refractivity contribution >= 4 is 11.6 Å². The summed E-state index contributed by atoms with van der Waals surface area (Å²) in [5.74, 6) is 1.99. The van der Waals surface area contributed by atoms with Gasteiger partial charge in [-0.25, -0.2) is 9.97 Å². The molecule has 5 nitrogen and oxygen atoms in total. The van der Waals surface area contributed by atoms with E-state index in [2.05, 4.69) is 45.2 Å². The van der Waals surface area contributed by atoms with Gasteiger partial charge in [0, 0.05) is 25.7 Å². The summed E-state index contributed by atoms with van der Waals surface area (Å²) in [5.41, 5.74) is 0. The van der Waals surface area contributed by atoms with E-state index in [0.717, 1.165) is 44.2 Å². The maximum absolute atomic E-state index is 4.34. The first-order valence-corrected chi connectivity index (χ1v) is 6.71. The Kier molecular flexibility index (Phi) is 4.75. The highest BCUT2D eigenvalue weighted by Crippen LogP contribution is 2.19. The van der Waals surface area contributed by atoms with Crippen molar-refractivity contribution in [1.29, 1.82) is 0 Å². The van der Waals surface area contributed by atoms with Crippen LogP contribution in [-0.2, 0) is 0 Å². The van der Waals surface area contributed by atoms with Crippen LogP contribution in [0, 0.1) is 0 Å². The van der Waals surface area contributed by atoms with Crippen LogP contribution in [0.15, 0.2) is 12.4 Å². The number of rotatable bonds is 6. The monoisotopic (exact) mass is 249 g/mol. The van der Waals surface area contributed by atoms with Gasteiger partial charge in [0.15, 0.2) is 0 Å². The summed E-state index contributed by atoms with van der Waals surface area (Å²) < 4.78 is 0. The highest BCUT2D eigenvalue weighted by molar-refractivity contribution is 5.48. The second kappa shape index (κ2) is 6.54. The van der Waals surface area contributed by atoms with Gasteiger partial charge in [0.2, 0.25) is 0 Å². The third-order valence-corrected chi connectivity index (χ3v) is 3.17. The maximum atomic E-state index is 4.34. The molecule has 1 aliphatic heterocycles. The Hall–Kier alpha value is -1.36. The largest absolute Gasteiger partial charge is 0.370 e. The lowest BCUT2D eigenvalue weighted by molar-refractivity contribution is 0.405. The van der Waals surface area contributed by atoms with Gasteiger partial charge in [0.05, 0.1) is 0 Å². The molecule has 18 heavy (non-hydrogen) atoms. The highest BCUT2D eigenvalue weighted by atomic mass is 15.2. The smallest absolute Gasteiger partial charge is 0.134 e. The Bertz CT molecular complexity index is 360. The Morgan fingerprint density at radius 1 is 1.28 bits per heavy atom. The lowest BCUT2D eigenvalue weighted by atomic mass is 10.4. The van der Waals surface area contributed by atoms with E-state index in [1.807, 2.05) is 0 Å². The molecule has 0 radical (unpaired) electrons. The predicted molar refractivity (Wildman–Crippen MR) is 75.1 cm³/mol. The summed E-state index contributed by atoms with van der Waals surface area (Å²) in [6, 6.07) is 2.06. The van der Waals surface area contributed by atoms with Crippen molar-refractivity contribution in [2.24, 2.45) is 0 Å². The van der Waals surface area contributed by atoms with E-state index in [9.17, 15) is 0 Å². The Morgan fingerprint density at radius 3 is 2.78 bits per heavy atom. The number of hydrogen-bond donors (Lipinski definition) is 1. The lowest BCUT2D eigenvalue weighted by Gasteiger charge is -2.16. The molecule has 0 unspecified atom stereocenters. The van der Waals surface area contributed by atoms with Crippen LogP contribution >= 0.6 is 0 Å². The van der Waals surface area contributed by atoms with Crippen molar-refractivity contribution in [3.8, 4) is 0 Å². The van der Waals surface area contributed by atoms with E-state index >= 15 is 0 Å². The zero-order chi connectivity index (χ0) is 12.8. The average molecular weight is 249 g/mol. The number of nitrogens with zero attached hydrogens (tertiary/aromatic N) is 4. The number of hydrogen-bond acceptors (Lipinski definition) is 5. The van der Waals surface area contributed by atoms with Crippen LogP contribution in [0.1, 0.15) is 19.3 Å². The van der Waals surface area contributed by atoms with Crippen LogP contribution < -0.4 is 10.2 Å². The molecule has 1 fully saturated rings. The van der Waals surface area contributed by atoms with E-state index in [0.29, 0.717) is 0 Å². The third-order valence-electron chi connectivity index (χ3n) is 3.17. The van der Waals surface area contributed by atoms with E-state index in [4.69, 9.17) is 0 Å². The second-order valence-electron chi connectivity index (χ2n) is 5.04. The Balaban J connectivity index is 1.83. The summed E-state index contributed by atoms with van der Waals surface area (Å²) in [5, 5.41) is 3.36. The zero-order valence-corrected chi connectivity index (χ0v) is 11.4.